The van der Waals surface area contributed by atoms with Crippen LogP contribution in [-0.4, -0.2) is 78.5 Å². The number of halogens is 2. The van der Waals surface area contributed by atoms with E-state index in [0.717, 1.165) is 11.7 Å². The molecule has 5 atom stereocenters. The first-order chi connectivity index (χ1) is 9.67. The van der Waals surface area contributed by atoms with Crippen LogP contribution in [0, 0.1) is 0 Å². The third-order valence-corrected chi connectivity index (χ3v) is 4.41. The molecule has 0 aromatic heterocycles. The molecule has 0 aromatic rings. The normalized spacial score (nSPS) is 33.3. The maximum absolute atomic E-state index is 10.2. The van der Waals surface area contributed by atoms with Crippen molar-refractivity contribution in [2.75, 3.05) is 33.4 Å². The number of ether oxygens (including phenoxy) is 2. The fourth-order valence-electron chi connectivity index (χ4n) is 2.25. The van der Waals surface area contributed by atoms with Crippen molar-refractivity contribution < 1.29 is 19.7 Å². The van der Waals surface area contributed by atoms with Crippen molar-refractivity contribution in [1.82, 2.24) is 10.6 Å². The Bertz CT molecular complexity index is 354. The molecule has 2 aliphatic heterocycles. The van der Waals surface area contributed by atoms with Crippen LogP contribution < -0.4 is 10.6 Å². The molecule has 0 saturated carbocycles. The van der Waals surface area contributed by atoms with E-state index in [-0.39, 0.29) is 30.3 Å². The topological polar surface area (TPSA) is 95.3 Å². The van der Waals surface area contributed by atoms with Crippen molar-refractivity contribution in [1.29, 1.82) is 0 Å². The summed E-state index contributed by atoms with van der Waals surface area (Å²) in [5.41, 5.74) is -0.239. The molecule has 1 fully saturated rings. The van der Waals surface area contributed by atoms with Gasteiger partial charge in [-0.2, -0.15) is 0 Å². The van der Waals surface area contributed by atoms with Crippen LogP contribution in [0.5, 0.6) is 0 Å². The van der Waals surface area contributed by atoms with E-state index in [1.165, 1.54) is 11.8 Å². The minimum Gasteiger partial charge on any atom is -0.388 e. The number of thioether (sulfide) groups is 1. The van der Waals surface area contributed by atoms with Gasteiger partial charge in [0.15, 0.2) is 5.17 Å². The van der Waals surface area contributed by atoms with Crippen LogP contribution in [0.2, 0.25) is 0 Å². The third-order valence-electron chi connectivity index (χ3n) is 3.32. The highest BCUT2D eigenvalue weighted by Gasteiger charge is 2.47. The van der Waals surface area contributed by atoms with Gasteiger partial charge in [0, 0.05) is 26.7 Å². The lowest BCUT2D eigenvalue weighted by atomic mass is 9.98. The summed E-state index contributed by atoms with van der Waals surface area (Å²) in [5, 5.41) is 27.3. The Morgan fingerprint density at radius 1 is 1.32 bits per heavy atom. The molecule has 0 unspecified atom stereocenters. The number of aliphatic imine (C=N–C) groups is 1. The number of nitrogens with zero attached hydrogens (tertiary/aromatic N) is 1. The molecule has 0 bridgehead atoms. The Balaban J connectivity index is 0.00000220. The molecule has 10 heteroatoms. The summed E-state index contributed by atoms with van der Waals surface area (Å²) >= 11 is 1.47. The molecular formula is C12H25Cl2N3O4S. The summed E-state index contributed by atoms with van der Waals surface area (Å²) < 4.78 is 10.8. The summed E-state index contributed by atoms with van der Waals surface area (Å²) in [6.45, 7) is 4.51. The summed E-state index contributed by atoms with van der Waals surface area (Å²) in [4.78, 5) is 4.37. The number of fused-ring (bicyclic) bond motifs is 1. The first-order valence-electron chi connectivity index (χ1n) is 6.87. The fraction of sp³-hybridized carbons (Fsp3) is 0.917. The van der Waals surface area contributed by atoms with Crippen LogP contribution in [-0.2, 0) is 9.47 Å². The highest BCUT2D eigenvalue weighted by molar-refractivity contribution is 8.14. The number of hydrogen-bond acceptors (Lipinski definition) is 8. The van der Waals surface area contributed by atoms with Crippen LogP contribution in [0.3, 0.4) is 0 Å². The molecule has 0 aromatic carbocycles. The molecule has 7 nitrogen and oxygen atoms in total. The Morgan fingerprint density at radius 2 is 2.05 bits per heavy atom. The monoisotopic (exact) mass is 377 g/mol. The SMILES string of the molecule is CCNC1=N[C@@H]2[C@@H](O)[C@H](O)[C@@H](CNCCOC)O[C@@H]2S1.Cl.Cl. The zero-order valence-electron chi connectivity index (χ0n) is 12.6. The second-order valence-corrected chi connectivity index (χ2v) is 5.88. The Kier molecular flexibility index (Phi) is 11.0. The van der Waals surface area contributed by atoms with Gasteiger partial charge in [-0.3, -0.25) is 4.99 Å². The summed E-state index contributed by atoms with van der Waals surface area (Å²) in [6.07, 6.45) is -2.27. The predicted octanol–water partition coefficient (Wildman–Crippen LogP) is -0.406. The number of amidine groups is 1. The number of methoxy groups -OCH3 is 1. The minimum absolute atomic E-state index is 0. The zero-order chi connectivity index (χ0) is 14.5. The quantitative estimate of drug-likeness (QED) is 0.467. The van der Waals surface area contributed by atoms with Gasteiger partial charge >= 0.3 is 0 Å². The number of aliphatic hydroxyl groups is 2. The van der Waals surface area contributed by atoms with Crippen molar-refractivity contribution in [3.05, 3.63) is 0 Å². The Morgan fingerprint density at radius 3 is 2.68 bits per heavy atom. The molecule has 0 amide bonds. The first kappa shape index (κ1) is 22.2. The van der Waals surface area contributed by atoms with Crippen molar-refractivity contribution in [2.24, 2.45) is 4.99 Å². The zero-order valence-corrected chi connectivity index (χ0v) is 15.0. The summed E-state index contributed by atoms with van der Waals surface area (Å²) in [6, 6.07) is -0.403. The molecule has 4 N–H and O–H groups in total. The molecule has 22 heavy (non-hydrogen) atoms. The van der Waals surface area contributed by atoms with E-state index in [9.17, 15) is 10.2 Å². The van der Waals surface area contributed by atoms with Gasteiger partial charge in [0.25, 0.3) is 0 Å². The van der Waals surface area contributed by atoms with Crippen LogP contribution >= 0.6 is 36.6 Å². The van der Waals surface area contributed by atoms with E-state index in [1.807, 2.05) is 6.92 Å². The first-order valence-corrected chi connectivity index (χ1v) is 7.75. The van der Waals surface area contributed by atoms with E-state index < -0.39 is 24.4 Å². The van der Waals surface area contributed by atoms with Gasteiger partial charge in [-0.25, -0.2) is 0 Å². The van der Waals surface area contributed by atoms with E-state index in [0.29, 0.717) is 19.7 Å². The second kappa shape index (κ2) is 10.9. The largest absolute Gasteiger partial charge is 0.388 e. The molecule has 0 aliphatic carbocycles. The molecule has 1 saturated heterocycles. The number of nitrogens with one attached hydrogen (secondary N) is 2. The van der Waals surface area contributed by atoms with Gasteiger partial charge < -0.3 is 30.3 Å². The van der Waals surface area contributed by atoms with Crippen LogP contribution in [0.25, 0.3) is 0 Å². The van der Waals surface area contributed by atoms with Crippen molar-refractivity contribution >= 4 is 41.7 Å². The van der Waals surface area contributed by atoms with Gasteiger partial charge in [-0.05, 0) is 6.92 Å². The van der Waals surface area contributed by atoms with Gasteiger partial charge in [0.05, 0.1) is 6.61 Å². The van der Waals surface area contributed by atoms with Crippen molar-refractivity contribution in [3.8, 4) is 0 Å². The Hall–Kier alpha value is 0.200. The van der Waals surface area contributed by atoms with Crippen molar-refractivity contribution in [3.63, 3.8) is 0 Å². The lowest BCUT2D eigenvalue weighted by Crippen LogP contribution is -2.57. The van der Waals surface area contributed by atoms with Crippen LogP contribution in [0.1, 0.15) is 6.92 Å². The molecule has 2 heterocycles. The lowest BCUT2D eigenvalue weighted by Gasteiger charge is -2.38. The van der Waals surface area contributed by atoms with Gasteiger partial charge in [0.1, 0.15) is 29.8 Å². The molecule has 132 valence electrons. The van der Waals surface area contributed by atoms with Gasteiger partial charge in [0.2, 0.25) is 0 Å². The predicted molar refractivity (Wildman–Crippen MR) is 92.4 cm³/mol. The highest BCUT2D eigenvalue weighted by atomic mass is 35.5. The fourth-order valence-corrected chi connectivity index (χ4v) is 3.44. The standard InChI is InChI=1S/C12H23N3O4S.2ClH/c1-3-14-12-15-8-10(17)9(16)7(19-11(8)20-12)6-13-4-5-18-2;;/h7-11,13,16-17H,3-6H2,1-2H3,(H,14,15);2*1H/t7-,8-,9-,10-,11-;;/m1../s1. The second-order valence-electron chi connectivity index (χ2n) is 4.79. The van der Waals surface area contributed by atoms with E-state index in [2.05, 4.69) is 15.6 Å². The van der Waals surface area contributed by atoms with Gasteiger partial charge in [-0.1, -0.05) is 11.8 Å². The molecule has 0 radical (unpaired) electrons. The smallest absolute Gasteiger partial charge is 0.159 e. The Labute approximate surface area is 147 Å². The van der Waals surface area contributed by atoms with Crippen molar-refractivity contribution in [2.45, 2.75) is 36.7 Å². The average molecular weight is 378 g/mol. The lowest BCUT2D eigenvalue weighted by molar-refractivity contribution is -0.150. The number of hydrogen-bond donors (Lipinski definition) is 4. The van der Waals surface area contributed by atoms with E-state index in [1.54, 1.807) is 7.11 Å². The highest BCUT2D eigenvalue weighted by Crippen LogP contribution is 2.35. The van der Waals surface area contributed by atoms with E-state index in [4.69, 9.17) is 9.47 Å². The number of rotatable bonds is 6. The summed E-state index contributed by atoms with van der Waals surface area (Å²) in [7, 11) is 1.64. The maximum atomic E-state index is 10.2. The third kappa shape index (κ3) is 5.38. The molecular weight excluding hydrogens is 353 g/mol. The maximum Gasteiger partial charge on any atom is 0.159 e. The molecule has 2 aliphatic rings. The van der Waals surface area contributed by atoms with E-state index >= 15 is 0 Å². The van der Waals surface area contributed by atoms with Crippen LogP contribution in [0.15, 0.2) is 4.99 Å². The summed E-state index contributed by atoms with van der Waals surface area (Å²) in [5.74, 6) is 0. The molecule has 2 rings (SSSR count). The number of aliphatic hydroxyl groups excluding tert-OH is 2. The molecule has 0 spiro atoms. The average Bonchev–Trinajstić information content (AvgIpc) is 2.83. The van der Waals surface area contributed by atoms with Gasteiger partial charge in [-0.15, -0.1) is 24.8 Å². The van der Waals surface area contributed by atoms with Crippen LogP contribution in [0.4, 0.5) is 0 Å². The minimum atomic E-state index is -0.934.